The van der Waals surface area contributed by atoms with E-state index in [4.69, 9.17) is 0 Å². The number of carbonyl (C=O) groups is 1. The molecule has 0 aliphatic heterocycles. The number of hydrogen-bond acceptors (Lipinski definition) is 3. The van der Waals surface area contributed by atoms with Crippen LogP contribution in [-0.4, -0.2) is 26.1 Å². The lowest BCUT2D eigenvalue weighted by atomic mass is 10.0. The van der Waals surface area contributed by atoms with Crippen LogP contribution in [0.2, 0.25) is 0 Å². The van der Waals surface area contributed by atoms with Crippen LogP contribution >= 0.6 is 0 Å². The van der Waals surface area contributed by atoms with E-state index in [1.54, 1.807) is 0 Å². The van der Waals surface area contributed by atoms with Gasteiger partial charge in [-0.1, -0.05) is 52.0 Å². The van der Waals surface area contributed by atoms with Gasteiger partial charge in [0.05, 0.1) is 5.75 Å². The van der Waals surface area contributed by atoms with Crippen LogP contribution in [0.15, 0.2) is 24.3 Å². The van der Waals surface area contributed by atoms with Crippen molar-refractivity contribution in [1.29, 1.82) is 0 Å². The molecule has 0 unspecified atom stereocenters. The van der Waals surface area contributed by atoms with Crippen LogP contribution in [0.25, 0.3) is 0 Å². The number of amides is 1. The van der Waals surface area contributed by atoms with E-state index in [9.17, 15) is 13.2 Å². The summed E-state index contributed by atoms with van der Waals surface area (Å²) in [6.07, 6.45) is 1.87. The van der Waals surface area contributed by atoms with Crippen molar-refractivity contribution in [2.24, 2.45) is 5.92 Å². The Labute approximate surface area is 147 Å². The monoisotopic (exact) mass is 353 g/mol. The van der Waals surface area contributed by atoms with Crippen molar-refractivity contribution in [3.63, 3.8) is 0 Å². The number of sulfone groups is 1. The van der Waals surface area contributed by atoms with Gasteiger partial charge in [-0.25, -0.2) is 8.42 Å². The highest BCUT2D eigenvalue weighted by Crippen LogP contribution is 2.16. The van der Waals surface area contributed by atoms with Crippen molar-refractivity contribution in [3.8, 4) is 0 Å². The molecule has 0 saturated heterocycles. The molecule has 1 aromatic carbocycles. The average Bonchev–Trinajstić information content (AvgIpc) is 2.44. The summed E-state index contributed by atoms with van der Waals surface area (Å²) in [7, 11) is -3.46. The van der Waals surface area contributed by atoms with Crippen molar-refractivity contribution >= 4 is 15.7 Å². The summed E-state index contributed by atoms with van der Waals surface area (Å²) < 4.78 is 24.4. The maximum atomic E-state index is 12.2. The van der Waals surface area contributed by atoms with E-state index in [0.29, 0.717) is 11.8 Å². The van der Waals surface area contributed by atoms with Crippen LogP contribution in [0.4, 0.5) is 0 Å². The Bertz CT molecular complexity index is 619. The summed E-state index contributed by atoms with van der Waals surface area (Å²) in [5.41, 5.74) is 1.90. The van der Waals surface area contributed by atoms with E-state index < -0.39 is 21.5 Å². The Balaban J connectivity index is 2.54. The Morgan fingerprint density at radius 3 is 2.08 bits per heavy atom. The predicted molar refractivity (Wildman–Crippen MR) is 99.7 cm³/mol. The first-order valence-electron chi connectivity index (χ1n) is 8.67. The fraction of sp³-hybridized carbons (Fsp3) is 0.632. The molecule has 4 nitrogen and oxygen atoms in total. The fourth-order valence-corrected chi connectivity index (χ4v) is 3.76. The molecule has 1 aromatic rings. The Kier molecular flexibility index (Phi) is 7.94. The van der Waals surface area contributed by atoms with Crippen LogP contribution in [0.1, 0.15) is 64.5 Å². The van der Waals surface area contributed by atoms with Crippen molar-refractivity contribution < 1.29 is 13.2 Å². The number of carbonyl (C=O) groups excluding carboxylic acids is 1. The van der Waals surface area contributed by atoms with Gasteiger partial charge in [0.1, 0.15) is 5.75 Å². The fourth-order valence-electron chi connectivity index (χ4n) is 2.48. The first-order chi connectivity index (χ1) is 11.1. The maximum Gasteiger partial charge on any atom is 0.235 e. The summed E-state index contributed by atoms with van der Waals surface area (Å²) in [5.74, 6) is 0.0186. The minimum atomic E-state index is -3.46. The van der Waals surface area contributed by atoms with E-state index >= 15 is 0 Å². The van der Waals surface area contributed by atoms with Gasteiger partial charge in [0.25, 0.3) is 0 Å². The number of nitrogens with one attached hydrogen (secondary N) is 1. The lowest BCUT2D eigenvalue weighted by Gasteiger charge is -2.15. The van der Waals surface area contributed by atoms with Crippen LogP contribution in [0, 0.1) is 5.92 Å². The third-order valence-corrected chi connectivity index (χ3v) is 5.44. The molecule has 5 heteroatoms. The maximum absolute atomic E-state index is 12.2. The molecular weight excluding hydrogens is 322 g/mol. The van der Waals surface area contributed by atoms with E-state index in [2.05, 4.69) is 33.0 Å². The molecule has 0 aliphatic rings. The Morgan fingerprint density at radius 1 is 1.00 bits per heavy atom. The largest absolute Gasteiger partial charge is 0.353 e. The number of benzene rings is 1. The van der Waals surface area contributed by atoms with E-state index in [1.807, 2.05) is 31.2 Å². The van der Waals surface area contributed by atoms with Crippen molar-refractivity contribution in [2.75, 3.05) is 5.75 Å². The highest BCUT2D eigenvalue weighted by Gasteiger charge is 2.19. The van der Waals surface area contributed by atoms with Gasteiger partial charge in [0, 0.05) is 6.04 Å². The second-order valence-corrected chi connectivity index (χ2v) is 9.43. The molecule has 1 N–H and O–H groups in total. The molecule has 1 atom stereocenters. The molecule has 0 aliphatic carbocycles. The Morgan fingerprint density at radius 2 is 1.58 bits per heavy atom. The molecule has 1 amide bonds. The molecule has 0 bridgehead atoms. The summed E-state index contributed by atoms with van der Waals surface area (Å²) in [6.45, 7) is 10.4. The van der Waals surface area contributed by atoms with Gasteiger partial charge >= 0.3 is 0 Å². The van der Waals surface area contributed by atoms with Gasteiger partial charge in [0.15, 0.2) is 9.84 Å². The lowest BCUT2D eigenvalue weighted by Crippen LogP contribution is -2.37. The molecule has 136 valence electrons. The van der Waals surface area contributed by atoms with Crippen LogP contribution in [0.5, 0.6) is 0 Å². The zero-order chi connectivity index (χ0) is 18.3. The lowest BCUT2D eigenvalue weighted by molar-refractivity contribution is -0.119. The minimum absolute atomic E-state index is 0.000394. The summed E-state index contributed by atoms with van der Waals surface area (Å²) >= 11 is 0. The van der Waals surface area contributed by atoms with Gasteiger partial charge in [-0.3, -0.25) is 4.79 Å². The van der Waals surface area contributed by atoms with Gasteiger partial charge in [-0.2, -0.15) is 0 Å². The van der Waals surface area contributed by atoms with Crippen molar-refractivity contribution in [3.05, 3.63) is 35.4 Å². The molecular formula is C19H31NO3S. The van der Waals surface area contributed by atoms with Crippen LogP contribution in [-0.2, 0) is 20.4 Å². The van der Waals surface area contributed by atoms with Gasteiger partial charge in [-0.15, -0.1) is 0 Å². The highest BCUT2D eigenvalue weighted by molar-refractivity contribution is 7.91. The second kappa shape index (κ2) is 9.21. The van der Waals surface area contributed by atoms with E-state index in [0.717, 1.165) is 18.4 Å². The summed E-state index contributed by atoms with van der Waals surface area (Å²) in [6, 6.07) is 7.56. The van der Waals surface area contributed by atoms with Crippen LogP contribution < -0.4 is 5.32 Å². The molecule has 0 aromatic heterocycles. The van der Waals surface area contributed by atoms with E-state index in [1.165, 1.54) is 5.56 Å². The van der Waals surface area contributed by atoms with Crippen LogP contribution in [0.3, 0.4) is 0 Å². The van der Waals surface area contributed by atoms with Crippen molar-refractivity contribution in [1.82, 2.24) is 5.32 Å². The zero-order valence-corrected chi connectivity index (χ0v) is 16.3. The highest BCUT2D eigenvalue weighted by atomic mass is 32.2. The molecule has 24 heavy (non-hydrogen) atoms. The summed E-state index contributed by atoms with van der Waals surface area (Å²) in [4.78, 5) is 12.0. The number of rotatable bonds is 9. The van der Waals surface area contributed by atoms with Crippen molar-refractivity contribution in [2.45, 2.75) is 65.2 Å². The Hall–Kier alpha value is -1.36. The number of hydrogen-bond donors (Lipinski definition) is 1. The third kappa shape index (κ3) is 7.95. The van der Waals surface area contributed by atoms with Gasteiger partial charge in [-0.05, 0) is 42.7 Å². The van der Waals surface area contributed by atoms with E-state index in [-0.39, 0.29) is 11.8 Å². The molecule has 1 rings (SSSR count). The average molecular weight is 354 g/mol. The van der Waals surface area contributed by atoms with Gasteiger partial charge < -0.3 is 5.32 Å². The minimum Gasteiger partial charge on any atom is -0.353 e. The quantitative estimate of drug-likeness (QED) is 0.737. The topological polar surface area (TPSA) is 63.2 Å². The third-order valence-electron chi connectivity index (χ3n) is 3.97. The first-order valence-corrected chi connectivity index (χ1v) is 10.5. The molecule has 0 saturated carbocycles. The normalized spacial score (nSPS) is 13.3. The standard InChI is InChI=1S/C19H31NO3S/c1-14(2)6-7-16(5)20-19(21)13-24(22,23)12-17-8-10-18(11-9-17)15(3)4/h8-11,14-16H,6-7,12-13H2,1-5H3,(H,20,21)/t16-/m0/s1. The smallest absolute Gasteiger partial charge is 0.235 e. The SMILES string of the molecule is CC(C)CC[C@H](C)NC(=O)CS(=O)(=O)Cc1ccc(C(C)C)cc1. The molecule has 0 fully saturated rings. The molecule has 0 heterocycles. The van der Waals surface area contributed by atoms with Gasteiger partial charge in [0.2, 0.25) is 5.91 Å². The summed E-state index contributed by atoms with van der Waals surface area (Å²) in [5, 5.41) is 2.78. The predicted octanol–water partition coefficient (Wildman–Crippen LogP) is 3.67. The second-order valence-electron chi connectivity index (χ2n) is 7.37. The zero-order valence-electron chi connectivity index (χ0n) is 15.5. The first kappa shape index (κ1) is 20.7. The molecule has 0 radical (unpaired) electrons. The molecule has 0 spiro atoms.